The van der Waals surface area contributed by atoms with E-state index < -0.39 is 72.6 Å². The van der Waals surface area contributed by atoms with Gasteiger partial charge in [-0.05, 0) is 0 Å². The predicted molar refractivity (Wildman–Crippen MR) is 118 cm³/mol. The molecule has 0 amide bonds. The van der Waals surface area contributed by atoms with Crippen LogP contribution in [0.4, 0.5) is 0 Å². The van der Waals surface area contributed by atoms with Crippen LogP contribution in [0.25, 0.3) is 0 Å². The van der Waals surface area contributed by atoms with Crippen LogP contribution in [0.3, 0.4) is 0 Å². The van der Waals surface area contributed by atoms with Gasteiger partial charge in [-0.2, -0.15) is 0 Å². The van der Waals surface area contributed by atoms with Crippen LogP contribution >= 0.6 is 0 Å². The van der Waals surface area contributed by atoms with Crippen molar-refractivity contribution in [2.75, 3.05) is 6.61 Å². The van der Waals surface area contributed by atoms with Gasteiger partial charge in [-0.25, -0.2) is 9.59 Å². The number of hydrogen-bond donors (Lipinski definition) is 1. The standard InChI is InChI=1S/C23H32O13/c1-6-15(26)31-12-13-20(32-16(27)7-2)21(33-17(28)8-3)22(34-18(29)9-4)23(5,35-13)36-19(30)11-10-14(24)25/h10-11,13,20-22H,6-9,12H2,1-5H3,(H,24,25)/b11-10+/t13-,20-,21+,22-,23-/m1/s1. The molecule has 0 saturated carbocycles. The summed E-state index contributed by atoms with van der Waals surface area (Å²) in [6.45, 7) is 6.73. The van der Waals surface area contributed by atoms with E-state index in [4.69, 9.17) is 33.5 Å². The number of ether oxygens (including phenoxy) is 6. The zero-order valence-electron chi connectivity index (χ0n) is 20.8. The maximum absolute atomic E-state index is 12.4. The molecule has 202 valence electrons. The van der Waals surface area contributed by atoms with Crippen molar-refractivity contribution in [3.05, 3.63) is 12.2 Å². The third-order valence-corrected chi connectivity index (χ3v) is 4.91. The van der Waals surface area contributed by atoms with Gasteiger partial charge in [-0.1, -0.05) is 27.7 Å². The maximum atomic E-state index is 12.4. The Balaban J connectivity index is 3.59. The third kappa shape index (κ3) is 8.95. The van der Waals surface area contributed by atoms with Crippen molar-refractivity contribution in [2.45, 2.75) is 90.5 Å². The van der Waals surface area contributed by atoms with Gasteiger partial charge in [0.2, 0.25) is 6.10 Å². The second-order valence-corrected chi connectivity index (χ2v) is 7.68. The van der Waals surface area contributed by atoms with E-state index >= 15 is 0 Å². The van der Waals surface area contributed by atoms with Gasteiger partial charge in [0.15, 0.2) is 12.2 Å². The predicted octanol–water partition coefficient (Wildman–Crippen LogP) is 1.20. The SMILES string of the molecule is CCC(=O)OC[C@H]1O[C@](C)(OC(=O)/C=C/C(=O)O)[C@H](OC(=O)CC)[C@@H](OC(=O)CC)[C@@H]1OC(=O)CC. The lowest BCUT2D eigenvalue weighted by molar-refractivity contribution is -0.346. The monoisotopic (exact) mass is 516 g/mol. The lowest BCUT2D eigenvalue weighted by Gasteiger charge is -2.48. The Morgan fingerprint density at radius 1 is 0.778 bits per heavy atom. The van der Waals surface area contributed by atoms with Crippen LogP contribution in [-0.2, 0) is 57.2 Å². The molecule has 1 saturated heterocycles. The Bertz CT molecular complexity index is 864. The van der Waals surface area contributed by atoms with Crippen molar-refractivity contribution in [3.63, 3.8) is 0 Å². The third-order valence-electron chi connectivity index (χ3n) is 4.91. The van der Waals surface area contributed by atoms with Crippen LogP contribution in [0.2, 0.25) is 0 Å². The minimum atomic E-state index is -2.18. The number of aliphatic carboxylic acids is 1. The highest BCUT2D eigenvalue weighted by atomic mass is 16.8. The van der Waals surface area contributed by atoms with Crippen LogP contribution in [0.1, 0.15) is 60.3 Å². The van der Waals surface area contributed by atoms with Crippen LogP contribution in [0.15, 0.2) is 12.2 Å². The molecule has 0 bridgehead atoms. The normalized spacial score (nSPS) is 25.5. The number of hydrogen-bond acceptors (Lipinski definition) is 12. The first-order valence-electron chi connectivity index (χ1n) is 11.5. The van der Waals surface area contributed by atoms with Gasteiger partial charge in [0.05, 0.1) is 0 Å². The molecule has 0 aliphatic carbocycles. The average Bonchev–Trinajstić information content (AvgIpc) is 2.84. The smallest absolute Gasteiger partial charge is 0.333 e. The van der Waals surface area contributed by atoms with E-state index in [0.717, 1.165) is 0 Å². The number of carboxylic acids is 1. The van der Waals surface area contributed by atoms with E-state index in [9.17, 15) is 28.8 Å². The fraction of sp³-hybridized carbons (Fsp3) is 0.652. The van der Waals surface area contributed by atoms with Crippen molar-refractivity contribution in [1.29, 1.82) is 0 Å². The fourth-order valence-corrected chi connectivity index (χ4v) is 3.12. The first kappa shape index (κ1) is 30.6. The molecule has 1 rings (SSSR count). The van der Waals surface area contributed by atoms with Gasteiger partial charge in [0, 0.05) is 44.8 Å². The number of rotatable bonds is 12. The average molecular weight is 516 g/mol. The molecule has 0 radical (unpaired) electrons. The molecule has 1 aliphatic heterocycles. The molecule has 1 fully saturated rings. The Morgan fingerprint density at radius 3 is 1.78 bits per heavy atom. The Labute approximate surface area is 208 Å². The summed E-state index contributed by atoms with van der Waals surface area (Å²) >= 11 is 0. The number of carboxylic acid groups (broad SMARTS) is 1. The minimum absolute atomic E-state index is 0.0172. The highest BCUT2D eigenvalue weighted by Crippen LogP contribution is 2.37. The van der Waals surface area contributed by atoms with Crippen molar-refractivity contribution >= 4 is 35.8 Å². The molecule has 1 aliphatic rings. The molecule has 0 aromatic heterocycles. The Hall–Kier alpha value is -3.48. The maximum Gasteiger partial charge on any atom is 0.333 e. The van der Waals surface area contributed by atoms with E-state index in [-0.39, 0.29) is 25.7 Å². The van der Waals surface area contributed by atoms with Crippen LogP contribution in [-0.4, -0.2) is 77.7 Å². The molecular formula is C23H32O13. The van der Waals surface area contributed by atoms with Gasteiger partial charge in [0.1, 0.15) is 12.7 Å². The summed E-state index contributed by atoms with van der Waals surface area (Å²) in [5, 5.41) is 8.78. The fourth-order valence-electron chi connectivity index (χ4n) is 3.12. The minimum Gasteiger partial charge on any atom is -0.478 e. The molecule has 0 spiro atoms. The first-order chi connectivity index (χ1) is 16.9. The summed E-state index contributed by atoms with van der Waals surface area (Å²) in [5.74, 6) is -7.70. The summed E-state index contributed by atoms with van der Waals surface area (Å²) in [7, 11) is 0. The van der Waals surface area contributed by atoms with E-state index in [2.05, 4.69) is 0 Å². The second-order valence-electron chi connectivity index (χ2n) is 7.68. The van der Waals surface area contributed by atoms with Crippen LogP contribution in [0.5, 0.6) is 0 Å². The topological polar surface area (TPSA) is 178 Å². The number of carbonyl (C=O) groups is 6. The van der Waals surface area contributed by atoms with E-state index in [1.54, 1.807) is 6.92 Å². The second kappa shape index (κ2) is 14.2. The van der Waals surface area contributed by atoms with E-state index in [1.165, 1.54) is 27.7 Å². The molecule has 0 aromatic carbocycles. The molecule has 1 N–H and O–H groups in total. The molecule has 13 heteroatoms. The molecule has 0 aromatic rings. The Morgan fingerprint density at radius 2 is 1.28 bits per heavy atom. The highest BCUT2D eigenvalue weighted by molar-refractivity contribution is 5.90. The van der Waals surface area contributed by atoms with E-state index in [1.807, 2.05) is 0 Å². The lowest BCUT2D eigenvalue weighted by atomic mass is 9.92. The quantitative estimate of drug-likeness (QED) is 0.222. The van der Waals surface area contributed by atoms with Crippen molar-refractivity contribution in [1.82, 2.24) is 0 Å². The zero-order valence-corrected chi connectivity index (χ0v) is 20.8. The molecule has 13 nitrogen and oxygen atoms in total. The zero-order chi connectivity index (χ0) is 27.5. The number of carbonyl (C=O) groups excluding carboxylic acids is 5. The molecule has 1 heterocycles. The van der Waals surface area contributed by atoms with Crippen molar-refractivity contribution in [3.8, 4) is 0 Å². The summed E-state index contributed by atoms with van der Waals surface area (Å²) in [6.07, 6.45) is -5.10. The lowest BCUT2D eigenvalue weighted by Crippen LogP contribution is -2.68. The van der Waals surface area contributed by atoms with Crippen molar-refractivity contribution < 1.29 is 62.3 Å². The molecule has 5 atom stereocenters. The first-order valence-corrected chi connectivity index (χ1v) is 11.5. The van der Waals surface area contributed by atoms with Crippen LogP contribution < -0.4 is 0 Å². The summed E-state index contributed by atoms with van der Waals surface area (Å²) in [4.78, 5) is 71.7. The largest absolute Gasteiger partial charge is 0.478 e. The van der Waals surface area contributed by atoms with Gasteiger partial charge >= 0.3 is 35.8 Å². The summed E-state index contributed by atoms with van der Waals surface area (Å²) in [6, 6.07) is 0. The number of esters is 5. The Kier molecular flexibility index (Phi) is 12.0. The van der Waals surface area contributed by atoms with Gasteiger partial charge in [-0.3, -0.25) is 19.2 Å². The highest BCUT2D eigenvalue weighted by Gasteiger charge is 2.60. The van der Waals surface area contributed by atoms with Gasteiger partial charge in [0.25, 0.3) is 5.79 Å². The molecule has 0 unspecified atom stereocenters. The molecule has 36 heavy (non-hydrogen) atoms. The van der Waals surface area contributed by atoms with E-state index in [0.29, 0.717) is 12.2 Å². The van der Waals surface area contributed by atoms with Crippen LogP contribution in [0, 0.1) is 0 Å². The summed E-state index contributed by atoms with van der Waals surface area (Å²) in [5.41, 5.74) is 0. The molecular weight excluding hydrogens is 484 g/mol. The van der Waals surface area contributed by atoms with Gasteiger partial charge < -0.3 is 33.5 Å². The summed E-state index contributed by atoms with van der Waals surface area (Å²) < 4.78 is 32.7. The van der Waals surface area contributed by atoms with Gasteiger partial charge in [-0.15, -0.1) is 0 Å². The van der Waals surface area contributed by atoms with Crippen molar-refractivity contribution in [2.24, 2.45) is 0 Å².